The van der Waals surface area contributed by atoms with Gasteiger partial charge in [-0.25, -0.2) is 0 Å². The molecule has 2 unspecified atom stereocenters. The first-order valence-corrected chi connectivity index (χ1v) is 5.78. The first kappa shape index (κ1) is 12.5. The van der Waals surface area contributed by atoms with Crippen LogP contribution in [0.15, 0.2) is 0 Å². The maximum absolute atomic E-state index is 11.2. The second-order valence-corrected chi connectivity index (χ2v) is 5.27. The molecule has 0 heterocycles. The van der Waals surface area contributed by atoms with Gasteiger partial charge in [0.15, 0.2) is 0 Å². The zero-order valence-corrected chi connectivity index (χ0v) is 10.3. The first-order chi connectivity index (χ1) is 6.97. The zero-order valence-electron chi connectivity index (χ0n) is 10.3. The Morgan fingerprint density at radius 1 is 1.60 bits per heavy atom. The summed E-state index contributed by atoms with van der Waals surface area (Å²) >= 11 is 0. The molecule has 0 spiro atoms. The lowest BCUT2D eigenvalue weighted by atomic mass is 9.87. The number of rotatable bonds is 4. The van der Waals surface area contributed by atoms with Crippen LogP contribution in [-0.2, 0) is 9.53 Å². The summed E-state index contributed by atoms with van der Waals surface area (Å²) in [6.45, 7) is 7.21. The third-order valence-corrected chi connectivity index (χ3v) is 3.53. The Bertz CT molecular complexity index is 226. The van der Waals surface area contributed by atoms with Gasteiger partial charge in [-0.05, 0) is 18.3 Å². The van der Waals surface area contributed by atoms with Gasteiger partial charge in [0.2, 0.25) is 0 Å². The van der Waals surface area contributed by atoms with Gasteiger partial charge in [0, 0.05) is 12.6 Å². The van der Waals surface area contributed by atoms with Crippen molar-refractivity contribution >= 4 is 5.97 Å². The van der Waals surface area contributed by atoms with E-state index < -0.39 is 0 Å². The minimum Gasteiger partial charge on any atom is -0.469 e. The van der Waals surface area contributed by atoms with E-state index >= 15 is 0 Å². The van der Waals surface area contributed by atoms with E-state index in [0.29, 0.717) is 11.5 Å². The average Bonchev–Trinajstić information content (AvgIpc) is 2.53. The van der Waals surface area contributed by atoms with E-state index in [9.17, 15) is 4.79 Å². The van der Waals surface area contributed by atoms with Crippen LogP contribution in [-0.4, -0.2) is 25.7 Å². The van der Waals surface area contributed by atoms with Gasteiger partial charge in [-0.1, -0.05) is 27.2 Å². The highest BCUT2D eigenvalue weighted by Crippen LogP contribution is 2.37. The van der Waals surface area contributed by atoms with Gasteiger partial charge in [-0.15, -0.1) is 0 Å². The molecule has 1 rings (SSSR count). The van der Waals surface area contributed by atoms with Crippen molar-refractivity contribution in [2.45, 2.75) is 46.1 Å². The highest BCUT2D eigenvalue weighted by Gasteiger charge is 2.34. The molecule has 1 saturated carbocycles. The van der Waals surface area contributed by atoms with Crippen molar-refractivity contribution in [1.82, 2.24) is 5.32 Å². The maximum atomic E-state index is 11.2. The van der Waals surface area contributed by atoms with Crippen LogP contribution in [0.4, 0.5) is 0 Å². The van der Waals surface area contributed by atoms with E-state index in [1.54, 1.807) is 0 Å². The lowest BCUT2D eigenvalue weighted by molar-refractivity contribution is -0.144. The summed E-state index contributed by atoms with van der Waals surface area (Å²) in [4.78, 5) is 11.2. The van der Waals surface area contributed by atoms with Gasteiger partial charge in [0.1, 0.15) is 0 Å². The fourth-order valence-corrected chi connectivity index (χ4v) is 2.31. The Hall–Kier alpha value is -0.570. The number of carbonyl (C=O) groups is 1. The molecule has 1 aliphatic carbocycles. The van der Waals surface area contributed by atoms with E-state index in [1.807, 2.05) is 6.92 Å². The summed E-state index contributed by atoms with van der Waals surface area (Å²) < 4.78 is 4.70. The molecule has 0 aliphatic heterocycles. The summed E-state index contributed by atoms with van der Waals surface area (Å²) in [6.07, 6.45) is 3.79. The molecule has 3 heteroatoms. The average molecular weight is 213 g/mol. The summed E-state index contributed by atoms with van der Waals surface area (Å²) in [6, 6.07) is 0.546. The highest BCUT2D eigenvalue weighted by molar-refractivity contribution is 5.72. The van der Waals surface area contributed by atoms with Crippen LogP contribution in [0.2, 0.25) is 0 Å². The fraction of sp³-hybridized carbons (Fsp3) is 0.917. The summed E-state index contributed by atoms with van der Waals surface area (Å²) in [7, 11) is 1.44. The minimum absolute atomic E-state index is 0.0496. The van der Waals surface area contributed by atoms with E-state index in [4.69, 9.17) is 4.74 Å². The number of esters is 1. The van der Waals surface area contributed by atoms with E-state index in [1.165, 1.54) is 26.4 Å². The van der Waals surface area contributed by atoms with Crippen molar-refractivity contribution in [2.24, 2.45) is 11.3 Å². The number of nitrogens with one attached hydrogen (secondary N) is 1. The Balaban J connectivity index is 2.34. The summed E-state index contributed by atoms with van der Waals surface area (Å²) in [5, 5.41) is 3.49. The molecule has 0 aromatic rings. The molecule has 0 radical (unpaired) electrons. The van der Waals surface area contributed by atoms with Crippen LogP contribution >= 0.6 is 0 Å². The lowest BCUT2D eigenvalue weighted by Gasteiger charge is -2.28. The summed E-state index contributed by atoms with van der Waals surface area (Å²) in [5.41, 5.74) is 0.371. The smallest absolute Gasteiger partial charge is 0.309 e. The molecule has 3 nitrogen and oxygen atoms in total. The van der Waals surface area contributed by atoms with Crippen molar-refractivity contribution in [2.75, 3.05) is 13.7 Å². The summed E-state index contributed by atoms with van der Waals surface area (Å²) in [5.74, 6) is -0.176. The van der Waals surface area contributed by atoms with Gasteiger partial charge in [-0.3, -0.25) is 4.79 Å². The second kappa shape index (κ2) is 4.97. The number of ether oxygens (including phenoxy) is 1. The van der Waals surface area contributed by atoms with Crippen LogP contribution in [0, 0.1) is 11.3 Å². The van der Waals surface area contributed by atoms with Crippen molar-refractivity contribution in [1.29, 1.82) is 0 Å². The van der Waals surface area contributed by atoms with Gasteiger partial charge in [-0.2, -0.15) is 0 Å². The number of hydrogen-bond acceptors (Lipinski definition) is 3. The predicted molar refractivity (Wildman–Crippen MR) is 60.6 cm³/mol. The van der Waals surface area contributed by atoms with Crippen molar-refractivity contribution in [3.63, 3.8) is 0 Å². The molecule has 1 fully saturated rings. The standard InChI is InChI=1S/C12H23NO2/c1-9(11(14)15-4)8-13-10-6-5-7-12(10,2)3/h9-10,13H,5-8H2,1-4H3. The van der Waals surface area contributed by atoms with Crippen LogP contribution in [0.25, 0.3) is 0 Å². The monoisotopic (exact) mass is 213 g/mol. The van der Waals surface area contributed by atoms with Crippen molar-refractivity contribution < 1.29 is 9.53 Å². The third-order valence-electron chi connectivity index (χ3n) is 3.53. The molecular weight excluding hydrogens is 190 g/mol. The second-order valence-electron chi connectivity index (χ2n) is 5.27. The van der Waals surface area contributed by atoms with Crippen molar-refractivity contribution in [3.05, 3.63) is 0 Å². The molecule has 0 saturated heterocycles. The van der Waals surface area contributed by atoms with Crippen molar-refractivity contribution in [3.8, 4) is 0 Å². The molecule has 0 amide bonds. The van der Waals surface area contributed by atoms with E-state index in [-0.39, 0.29) is 11.9 Å². The normalized spacial score (nSPS) is 26.3. The molecular formula is C12H23NO2. The Labute approximate surface area is 92.6 Å². The maximum Gasteiger partial charge on any atom is 0.309 e. The minimum atomic E-state index is -0.127. The first-order valence-electron chi connectivity index (χ1n) is 5.78. The van der Waals surface area contributed by atoms with Crippen LogP contribution < -0.4 is 5.32 Å². The van der Waals surface area contributed by atoms with E-state index in [2.05, 4.69) is 19.2 Å². The van der Waals surface area contributed by atoms with Gasteiger partial charge in [0.05, 0.1) is 13.0 Å². The molecule has 0 aromatic carbocycles. The Kier molecular flexibility index (Phi) is 4.14. The highest BCUT2D eigenvalue weighted by atomic mass is 16.5. The largest absolute Gasteiger partial charge is 0.469 e. The fourth-order valence-electron chi connectivity index (χ4n) is 2.31. The molecule has 88 valence electrons. The number of hydrogen-bond donors (Lipinski definition) is 1. The van der Waals surface area contributed by atoms with Crippen LogP contribution in [0.3, 0.4) is 0 Å². The molecule has 2 atom stereocenters. The SMILES string of the molecule is COC(=O)C(C)CNC1CCCC1(C)C. The van der Waals surface area contributed by atoms with Gasteiger partial charge < -0.3 is 10.1 Å². The van der Waals surface area contributed by atoms with E-state index in [0.717, 1.165) is 6.54 Å². The van der Waals surface area contributed by atoms with Gasteiger partial charge in [0.25, 0.3) is 0 Å². The van der Waals surface area contributed by atoms with Crippen LogP contribution in [0.5, 0.6) is 0 Å². The molecule has 1 N–H and O–H groups in total. The number of methoxy groups -OCH3 is 1. The zero-order chi connectivity index (χ0) is 11.5. The topological polar surface area (TPSA) is 38.3 Å². The predicted octanol–water partition coefficient (Wildman–Crippen LogP) is 1.96. The quantitative estimate of drug-likeness (QED) is 0.726. The van der Waals surface area contributed by atoms with Gasteiger partial charge >= 0.3 is 5.97 Å². The molecule has 0 bridgehead atoms. The Morgan fingerprint density at radius 3 is 2.73 bits per heavy atom. The molecule has 1 aliphatic rings. The van der Waals surface area contributed by atoms with Crippen LogP contribution in [0.1, 0.15) is 40.0 Å². The lowest BCUT2D eigenvalue weighted by Crippen LogP contribution is -2.41. The number of carbonyl (C=O) groups excluding carboxylic acids is 1. The third kappa shape index (κ3) is 3.20. The Morgan fingerprint density at radius 2 is 2.27 bits per heavy atom. The molecule has 15 heavy (non-hydrogen) atoms. The molecule has 0 aromatic heterocycles.